The molecule has 0 saturated carbocycles. The molecule has 0 aliphatic heterocycles. The van der Waals surface area contributed by atoms with Gasteiger partial charge in [0.15, 0.2) is 0 Å². The van der Waals surface area contributed by atoms with Crippen LogP contribution in [0.25, 0.3) is 0 Å². The molecule has 0 amide bonds. The van der Waals surface area contributed by atoms with Gasteiger partial charge < -0.3 is 9.47 Å². The van der Waals surface area contributed by atoms with Crippen molar-refractivity contribution in [3.8, 4) is 0 Å². The monoisotopic (exact) mass is 339 g/mol. The van der Waals surface area contributed by atoms with Crippen molar-refractivity contribution in [3.63, 3.8) is 0 Å². The van der Waals surface area contributed by atoms with Crippen LogP contribution in [0.5, 0.6) is 0 Å². The van der Waals surface area contributed by atoms with Crippen LogP contribution < -0.4 is 0 Å². The fraction of sp³-hybridized carbons (Fsp3) is 0.250. The summed E-state index contributed by atoms with van der Waals surface area (Å²) in [4.78, 5) is 28.2. The molecule has 0 spiro atoms. The van der Waals surface area contributed by atoms with Crippen molar-refractivity contribution in [2.75, 3.05) is 14.2 Å². The number of benzene rings is 2. The molecule has 0 aliphatic carbocycles. The average Bonchev–Trinajstić information content (AvgIpc) is 2.68. The minimum absolute atomic E-state index is 0.0939. The summed E-state index contributed by atoms with van der Waals surface area (Å²) in [5, 5.41) is 0. The van der Waals surface area contributed by atoms with Crippen LogP contribution in [0.2, 0.25) is 0 Å². The minimum Gasteiger partial charge on any atom is -0.469 e. The third-order valence-electron chi connectivity index (χ3n) is 3.70. The zero-order valence-electron chi connectivity index (χ0n) is 14.3. The molecule has 0 N–H and O–H groups in total. The molecule has 0 aliphatic rings. The van der Waals surface area contributed by atoms with Crippen LogP contribution in [0.4, 0.5) is 0 Å². The second-order valence-electron chi connectivity index (χ2n) is 5.36. The molecule has 0 radical (unpaired) electrons. The Morgan fingerprint density at radius 2 is 1.40 bits per heavy atom. The molecule has 0 heterocycles. The zero-order chi connectivity index (χ0) is 18.1. The molecule has 130 valence electrons. The van der Waals surface area contributed by atoms with Gasteiger partial charge in [0.1, 0.15) is 6.04 Å². The molecule has 5 heteroatoms. The Labute approximate surface area is 147 Å². The third-order valence-corrected chi connectivity index (χ3v) is 3.70. The van der Waals surface area contributed by atoms with Crippen LogP contribution in [-0.4, -0.2) is 37.9 Å². The van der Waals surface area contributed by atoms with Crippen molar-refractivity contribution in [2.45, 2.75) is 18.9 Å². The molecule has 5 nitrogen and oxygen atoms in total. The predicted molar refractivity (Wildman–Crippen MR) is 95.6 cm³/mol. The van der Waals surface area contributed by atoms with Crippen LogP contribution in [0.1, 0.15) is 24.0 Å². The van der Waals surface area contributed by atoms with E-state index in [1.807, 2.05) is 60.7 Å². The average molecular weight is 339 g/mol. The lowest BCUT2D eigenvalue weighted by Gasteiger charge is -2.14. The fourth-order valence-corrected chi connectivity index (χ4v) is 2.39. The topological polar surface area (TPSA) is 65.0 Å². The van der Waals surface area contributed by atoms with Gasteiger partial charge in [-0.3, -0.25) is 9.79 Å². The number of methoxy groups -OCH3 is 2. The van der Waals surface area contributed by atoms with Crippen LogP contribution in [-0.2, 0) is 19.1 Å². The molecule has 0 saturated heterocycles. The number of esters is 2. The lowest BCUT2D eigenvalue weighted by atomic mass is 10.0. The van der Waals surface area contributed by atoms with Gasteiger partial charge in [-0.05, 0) is 6.42 Å². The Balaban J connectivity index is 2.41. The number of nitrogens with zero attached hydrogens (tertiary/aromatic N) is 1. The summed E-state index contributed by atoms with van der Waals surface area (Å²) in [6.07, 6.45) is 0.319. The van der Waals surface area contributed by atoms with Crippen LogP contribution in [0, 0.1) is 0 Å². The first-order chi connectivity index (χ1) is 12.2. The maximum Gasteiger partial charge on any atom is 0.330 e. The van der Waals surface area contributed by atoms with Crippen LogP contribution >= 0.6 is 0 Å². The standard InChI is InChI=1S/C20H21NO4/c1-24-18(22)14-13-17(20(23)25-2)21-19(15-9-5-3-6-10-15)16-11-7-4-8-12-16/h3-12,17H,13-14H2,1-2H3/t17-/m1/s1. The van der Waals surface area contributed by atoms with E-state index >= 15 is 0 Å². The first-order valence-electron chi connectivity index (χ1n) is 7.99. The Morgan fingerprint density at radius 3 is 1.84 bits per heavy atom. The fourth-order valence-electron chi connectivity index (χ4n) is 2.39. The molecular weight excluding hydrogens is 318 g/mol. The van der Waals surface area contributed by atoms with Gasteiger partial charge in [0.2, 0.25) is 0 Å². The number of carbonyl (C=O) groups excluding carboxylic acids is 2. The Bertz CT molecular complexity index is 684. The molecule has 2 rings (SSSR count). The number of hydrogen-bond acceptors (Lipinski definition) is 5. The first-order valence-corrected chi connectivity index (χ1v) is 7.99. The van der Waals surface area contributed by atoms with Gasteiger partial charge in [0, 0.05) is 17.5 Å². The van der Waals surface area contributed by atoms with E-state index in [0.717, 1.165) is 11.1 Å². The van der Waals surface area contributed by atoms with Crippen LogP contribution in [0.15, 0.2) is 65.7 Å². The Kier molecular flexibility index (Phi) is 6.89. The highest BCUT2D eigenvalue weighted by atomic mass is 16.5. The highest BCUT2D eigenvalue weighted by Crippen LogP contribution is 2.15. The van der Waals surface area contributed by atoms with E-state index in [1.165, 1.54) is 14.2 Å². The van der Waals surface area contributed by atoms with Crippen molar-refractivity contribution >= 4 is 17.7 Å². The summed E-state index contributed by atoms with van der Waals surface area (Å²) in [7, 11) is 2.63. The highest BCUT2D eigenvalue weighted by Gasteiger charge is 2.21. The largest absolute Gasteiger partial charge is 0.469 e. The van der Waals surface area contributed by atoms with Gasteiger partial charge in [-0.15, -0.1) is 0 Å². The molecule has 0 fully saturated rings. The molecule has 2 aromatic rings. The van der Waals surface area contributed by atoms with Crippen molar-refractivity contribution in [1.29, 1.82) is 0 Å². The first kappa shape index (κ1) is 18.4. The minimum atomic E-state index is -0.778. The van der Waals surface area contributed by atoms with Gasteiger partial charge in [-0.2, -0.15) is 0 Å². The number of hydrogen-bond donors (Lipinski definition) is 0. The molecule has 2 aromatic carbocycles. The van der Waals surface area contributed by atoms with Gasteiger partial charge in [-0.1, -0.05) is 60.7 Å². The molecule has 25 heavy (non-hydrogen) atoms. The van der Waals surface area contributed by atoms with Crippen molar-refractivity contribution in [3.05, 3.63) is 71.8 Å². The third kappa shape index (κ3) is 5.28. The smallest absolute Gasteiger partial charge is 0.330 e. The Morgan fingerprint density at radius 1 is 0.880 bits per heavy atom. The normalized spacial score (nSPS) is 11.3. The van der Waals surface area contributed by atoms with Gasteiger partial charge in [0.05, 0.1) is 19.9 Å². The lowest BCUT2D eigenvalue weighted by Crippen LogP contribution is -2.24. The molecule has 0 aromatic heterocycles. The van der Waals surface area contributed by atoms with Crippen molar-refractivity contribution in [2.24, 2.45) is 4.99 Å². The summed E-state index contributed by atoms with van der Waals surface area (Å²) in [6, 6.07) is 18.4. The molecule has 0 unspecified atom stereocenters. The summed E-state index contributed by atoms with van der Waals surface area (Å²) < 4.78 is 9.50. The van der Waals surface area contributed by atoms with Crippen molar-refractivity contribution in [1.82, 2.24) is 0 Å². The van der Waals surface area contributed by atoms with E-state index in [4.69, 9.17) is 4.74 Å². The van der Waals surface area contributed by atoms with Crippen LogP contribution in [0.3, 0.4) is 0 Å². The van der Waals surface area contributed by atoms with E-state index in [2.05, 4.69) is 9.73 Å². The molecule has 0 bridgehead atoms. The van der Waals surface area contributed by atoms with Crippen molar-refractivity contribution < 1.29 is 19.1 Å². The summed E-state index contributed by atoms with van der Waals surface area (Å²) in [5.74, 6) is -0.863. The summed E-state index contributed by atoms with van der Waals surface area (Å²) >= 11 is 0. The second kappa shape index (κ2) is 9.37. The van der Waals surface area contributed by atoms with E-state index in [1.54, 1.807) is 0 Å². The van der Waals surface area contributed by atoms with E-state index < -0.39 is 12.0 Å². The van der Waals surface area contributed by atoms with E-state index in [9.17, 15) is 9.59 Å². The number of rotatable bonds is 7. The summed E-state index contributed by atoms with van der Waals surface area (Å²) in [5.41, 5.74) is 2.46. The van der Waals surface area contributed by atoms with E-state index in [0.29, 0.717) is 5.71 Å². The number of carbonyl (C=O) groups is 2. The molecule has 1 atom stereocenters. The molecular formula is C20H21NO4. The maximum atomic E-state index is 12.1. The quantitative estimate of drug-likeness (QED) is 0.574. The Hall–Kier alpha value is -2.95. The summed E-state index contributed by atoms with van der Waals surface area (Å²) in [6.45, 7) is 0. The van der Waals surface area contributed by atoms with Gasteiger partial charge in [0.25, 0.3) is 0 Å². The number of aliphatic imine (C=N–C) groups is 1. The predicted octanol–water partition coefficient (Wildman–Crippen LogP) is 3.02. The second-order valence-corrected chi connectivity index (χ2v) is 5.36. The van der Waals surface area contributed by atoms with Gasteiger partial charge in [-0.25, -0.2) is 4.79 Å². The zero-order valence-corrected chi connectivity index (χ0v) is 14.3. The SMILES string of the molecule is COC(=O)CC[C@@H](N=C(c1ccccc1)c1ccccc1)C(=O)OC. The van der Waals surface area contributed by atoms with E-state index in [-0.39, 0.29) is 18.8 Å². The lowest BCUT2D eigenvalue weighted by molar-refractivity contribution is -0.143. The highest BCUT2D eigenvalue weighted by molar-refractivity contribution is 6.13. The van der Waals surface area contributed by atoms with Gasteiger partial charge >= 0.3 is 11.9 Å². The maximum absolute atomic E-state index is 12.1. The number of ether oxygens (including phenoxy) is 2.